The summed E-state index contributed by atoms with van der Waals surface area (Å²) in [5, 5.41) is 0. The van der Waals surface area contributed by atoms with Crippen LogP contribution in [0.3, 0.4) is 0 Å². The number of ether oxygens (including phenoxy) is 2. The van der Waals surface area contributed by atoms with Gasteiger partial charge in [0.2, 0.25) is 0 Å². The van der Waals surface area contributed by atoms with Gasteiger partial charge in [0.15, 0.2) is 34.8 Å². The van der Waals surface area contributed by atoms with Crippen molar-refractivity contribution in [2.75, 3.05) is 19.5 Å². The van der Waals surface area contributed by atoms with Gasteiger partial charge in [0.1, 0.15) is 18.0 Å². The number of H-pyrrole nitrogens is 2. The highest BCUT2D eigenvalue weighted by Crippen LogP contribution is 2.50. The monoisotopic (exact) mass is 652 g/mol. The van der Waals surface area contributed by atoms with Crippen LogP contribution in [0.5, 0.6) is 5.75 Å². The topological polar surface area (TPSA) is 190 Å². The molecule has 4 aromatic heterocycles. The van der Waals surface area contributed by atoms with Crippen molar-refractivity contribution >= 4 is 41.9 Å². The number of benzene rings is 1. The largest absolute Gasteiger partial charge is 0.530 e. The van der Waals surface area contributed by atoms with Gasteiger partial charge >= 0.3 is 7.82 Å². The molecule has 0 bridgehead atoms. The van der Waals surface area contributed by atoms with E-state index in [0.29, 0.717) is 17.0 Å². The first-order valence-corrected chi connectivity index (χ1v) is 16.3. The Morgan fingerprint density at radius 1 is 0.800 bits per heavy atom. The Bertz CT molecular complexity index is 1950. The molecule has 45 heavy (non-hydrogen) atoms. The molecule has 0 saturated carbocycles. The molecule has 2 N–H and O–H groups in total. The van der Waals surface area contributed by atoms with E-state index in [0.717, 1.165) is 4.90 Å². The van der Waals surface area contributed by atoms with E-state index in [4.69, 9.17) is 23.0 Å². The number of rotatable bonds is 11. The normalized spacial score (nSPS) is 21.4. The van der Waals surface area contributed by atoms with E-state index in [1.54, 1.807) is 57.3 Å². The second-order valence-electron chi connectivity index (χ2n) is 9.82. The standard InChI is InChI=1S/C27H25N8O8PS/c1-45-19-6-2-16(3-7-19)43-44(38,39-10-17-4-8-20(41-17)34-14-32-22-24(34)28-12-30-26(22)36)40-11-18-5-9-21(42-18)35-15-33-23-25(35)29-13-31-27(23)37/h2-9,12-15,17-18,20-21H,10-11H2,1H3,(H,28,30,36)(H,29,31,37)/t17-,18-,20+,21+/m0/s1. The molecule has 7 rings (SSSR count). The zero-order chi connectivity index (χ0) is 31.0. The highest BCUT2D eigenvalue weighted by Gasteiger charge is 2.34. The van der Waals surface area contributed by atoms with Crippen LogP contribution in [0.2, 0.25) is 0 Å². The van der Waals surface area contributed by atoms with Crippen LogP contribution in [-0.2, 0) is 23.1 Å². The van der Waals surface area contributed by atoms with E-state index in [1.165, 1.54) is 25.3 Å². The molecule has 18 heteroatoms. The minimum atomic E-state index is -4.21. The minimum absolute atomic E-state index is 0.168. The third kappa shape index (κ3) is 6.01. The van der Waals surface area contributed by atoms with Gasteiger partial charge < -0.3 is 24.0 Å². The zero-order valence-electron chi connectivity index (χ0n) is 23.5. The van der Waals surface area contributed by atoms with E-state index in [1.807, 2.05) is 18.4 Å². The van der Waals surface area contributed by atoms with Crippen LogP contribution >= 0.6 is 19.6 Å². The van der Waals surface area contributed by atoms with Crippen molar-refractivity contribution in [3.8, 4) is 5.75 Å². The summed E-state index contributed by atoms with van der Waals surface area (Å²) in [6.45, 7) is -0.335. The molecular formula is C27H25N8O8PS. The van der Waals surface area contributed by atoms with E-state index >= 15 is 0 Å². The maximum absolute atomic E-state index is 13.9. The third-order valence-electron chi connectivity index (χ3n) is 6.96. The molecule has 0 saturated heterocycles. The lowest BCUT2D eigenvalue weighted by atomic mass is 10.3. The molecule has 1 aromatic carbocycles. The van der Waals surface area contributed by atoms with E-state index in [9.17, 15) is 14.2 Å². The number of fused-ring (bicyclic) bond motifs is 2. The summed E-state index contributed by atoms with van der Waals surface area (Å²) in [7, 11) is -4.21. The van der Waals surface area contributed by atoms with Crippen LogP contribution < -0.4 is 15.6 Å². The van der Waals surface area contributed by atoms with Gasteiger partial charge in [0.05, 0.1) is 38.5 Å². The fraction of sp³-hybridized carbons (Fsp3) is 0.259. The molecule has 0 amide bonds. The van der Waals surface area contributed by atoms with Crippen molar-refractivity contribution in [3.05, 3.63) is 94.6 Å². The van der Waals surface area contributed by atoms with Gasteiger partial charge in [-0.15, -0.1) is 11.8 Å². The first kappa shape index (κ1) is 29.3. The molecule has 0 unspecified atom stereocenters. The lowest BCUT2D eigenvalue weighted by Gasteiger charge is -2.22. The zero-order valence-corrected chi connectivity index (χ0v) is 25.2. The summed E-state index contributed by atoms with van der Waals surface area (Å²) >= 11 is 1.55. The first-order valence-electron chi connectivity index (χ1n) is 13.6. The Balaban J connectivity index is 1.02. The molecule has 16 nitrogen and oxygen atoms in total. The average Bonchev–Trinajstić information content (AvgIpc) is 3.86. The number of hydrogen-bond donors (Lipinski definition) is 2. The summed E-state index contributed by atoms with van der Waals surface area (Å²) in [4.78, 5) is 46.6. The molecule has 5 aromatic rings. The molecule has 2 aliphatic rings. The fourth-order valence-corrected chi connectivity index (χ4v) is 6.39. The molecule has 0 aliphatic carbocycles. The van der Waals surface area contributed by atoms with E-state index in [2.05, 4.69) is 29.9 Å². The smallest absolute Gasteiger partial charge is 0.404 e. The molecule has 6 heterocycles. The summed E-state index contributed by atoms with van der Waals surface area (Å²) in [6.07, 6.45) is 12.0. The van der Waals surface area contributed by atoms with Crippen molar-refractivity contribution in [1.29, 1.82) is 0 Å². The highest BCUT2D eigenvalue weighted by molar-refractivity contribution is 7.98. The first-order chi connectivity index (χ1) is 21.9. The molecule has 232 valence electrons. The van der Waals surface area contributed by atoms with Gasteiger partial charge in [-0.1, -0.05) is 12.2 Å². The number of imidazole rings is 2. The van der Waals surface area contributed by atoms with Crippen LogP contribution in [0, 0.1) is 0 Å². The van der Waals surface area contributed by atoms with Gasteiger partial charge in [-0.25, -0.2) is 24.5 Å². The number of nitrogens with one attached hydrogen (secondary N) is 2. The number of phosphoric acid groups is 1. The molecule has 0 radical (unpaired) electrons. The Labute approximate surface area is 257 Å². The summed E-state index contributed by atoms with van der Waals surface area (Å²) in [5.74, 6) is 0.292. The second kappa shape index (κ2) is 12.2. The number of aromatic amines is 2. The van der Waals surface area contributed by atoms with Crippen LogP contribution in [0.15, 0.2) is 88.4 Å². The fourth-order valence-electron chi connectivity index (χ4n) is 4.77. The molecular weight excluding hydrogens is 627 g/mol. The number of hydrogen-bond acceptors (Lipinski definition) is 13. The number of phosphoric ester groups is 1. The van der Waals surface area contributed by atoms with Crippen LogP contribution in [0.1, 0.15) is 12.5 Å². The quantitative estimate of drug-likeness (QED) is 0.120. The maximum atomic E-state index is 13.9. The number of aromatic nitrogens is 8. The predicted molar refractivity (Wildman–Crippen MR) is 161 cm³/mol. The molecule has 0 fully saturated rings. The summed E-state index contributed by atoms with van der Waals surface area (Å²) < 4.78 is 46.5. The number of nitrogens with zero attached hydrogens (tertiary/aromatic N) is 6. The Morgan fingerprint density at radius 2 is 1.31 bits per heavy atom. The summed E-state index contributed by atoms with van der Waals surface area (Å²) in [6, 6.07) is 7.00. The van der Waals surface area contributed by atoms with E-state index in [-0.39, 0.29) is 35.4 Å². The lowest BCUT2D eigenvalue weighted by molar-refractivity contribution is -0.0205. The second-order valence-corrected chi connectivity index (χ2v) is 12.3. The van der Waals surface area contributed by atoms with E-state index < -0.39 is 32.5 Å². The lowest BCUT2D eigenvalue weighted by Crippen LogP contribution is -2.21. The van der Waals surface area contributed by atoms with Crippen molar-refractivity contribution in [2.45, 2.75) is 29.6 Å². The van der Waals surface area contributed by atoms with Gasteiger partial charge in [-0.3, -0.25) is 27.8 Å². The maximum Gasteiger partial charge on any atom is 0.530 e. The van der Waals surface area contributed by atoms with Gasteiger partial charge in [-0.05, 0) is 42.7 Å². The van der Waals surface area contributed by atoms with Crippen LogP contribution in [-0.4, -0.2) is 70.7 Å². The summed E-state index contributed by atoms with van der Waals surface area (Å²) in [5.41, 5.74) is 0.359. The third-order valence-corrected chi connectivity index (χ3v) is 9.07. The molecule has 4 atom stereocenters. The van der Waals surface area contributed by atoms with Crippen LogP contribution in [0.25, 0.3) is 22.3 Å². The Kier molecular flexibility index (Phi) is 7.95. The Morgan fingerprint density at radius 3 is 1.80 bits per heavy atom. The predicted octanol–water partition coefficient (Wildman–Crippen LogP) is 3.10. The highest BCUT2D eigenvalue weighted by atomic mass is 32.2. The van der Waals surface area contributed by atoms with Gasteiger partial charge in [-0.2, -0.15) is 0 Å². The van der Waals surface area contributed by atoms with Crippen molar-refractivity contribution < 1.29 is 27.6 Å². The van der Waals surface area contributed by atoms with Gasteiger partial charge in [0.25, 0.3) is 11.1 Å². The van der Waals surface area contributed by atoms with Gasteiger partial charge in [0, 0.05) is 4.90 Å². The Hall–Kier alpha value is -4.38. The molecule has 2 aliphatic heterocycles. The minimum Gasteiger partial charge on any atom is -0.404 e. The SMILES string of the molecule is CSc1ccc(OP(=O)(OC[C@@H]2C=C[C@H](n3cnc4c(=O)[nH]cnc43)O2)OC[C@@H]2C=C[C@H](n3cnc4c(=O)[nH]cnc43)O2)cc1. The van der Waals surface area contributed by atoms with Crippen LogP contribution in [0.4, 0.5) is 0 Å². The van der Waals surface area contributed by atoms with Crippen molar-refractivity contribution in [1.82, 2.24) is 39.0 Å². The van der Waals surface area contributed by atoms with Crippen molar-refractivity contribution in [3.63, 3.8) is 0 Å². The molecule has 0 spiro atoms. The van der Waals surface area contributed by atoms with Crippen molar-refractivity contribution in [2.24, 2.45) is 0 Å². The number of thioether (sulfide) groups is 1. The average molecular weight is 653 g/mol.